The summed E-state index contributed by atoms with van der Waals surface area (Å²) in [7, 11) is 0. The van der Waals surface area contributed by atoms with Crippen molar-refractivity contribution in [2.45, 2.75) is 0 Å². The average molecular weight is 422 g/mol. The zero-order valence-corrected chi connectivity index (χ0v) is 11.2. The van der Waals surface area contributed by atoms with Crippen molar-refractivity contribution in [3.8, 4) is 0 Å². The molecule has 11 heteroatoms. The summed E-state index contributed by atoms with van der Waals surface area (Å²) in [5.41, 5.74) is 0. The summed E-state index contributed by atoms with van der Waals surface area (Å²) in [6.07, 6.45) is 0. The zero-order valence-electron chi connectivity index (χ0n) is 5.46. The van der Waals surface area contributed by atoms with E-state index in [0.717, 1.165) is 0 Å². The van der Waals surface area contributed by atoms with Crippen molar-refractivity contribution in [2.24, 2.45) is 0 Å². The van der Waals surface area contributed by atoms with Crippen LogP contribution in [0.4, 0.5) is 0 Å². The molecular formula is H16I2MgO8. The third kappa shape index (κ3) is 322. The maximum absolute atomic E-state index is 0. The second kappa shape index (κ2) is 390. The largest absolute Gasteiger partial charge is 2.00 e. The fourth-order valence-electron chi connectivity index (χ4n) is 0. The van der Waals surface area contributed by atoms with Crippen LogP contribution in [-0.4, -0.2) is 66.9 Å². The van der Waals surface area contributed by atoms with Crippen LogP contribution in [0, 0.1) is 0 Å². The second-order valence-electron chi connectivity index (χ2n) is 0. The van der Waals surface area contributed by atoms with E-state index in [1.165, 1.54) is 0 Å². The van der Waals surface area contributed by atoms with Crippen LogP contribution in [0.15, 0.2) is 0 Å². The van der Waals surface area contributed by atoms with E-state index in [4.69, 9.17) is 0 Å². The standard InChI is InChI=1S/2HI.Mg.8H2O/h2*1H;;8*1H2/q;;+2;;;;;;;;/p-2. The van der Waals surface area contributed by atoms with Crippen molar-refractivity contribution in [1.29, 1.82) is 0 Å². The van der Waals surface area contributed by atoms with Crippen LogP contribution in [0.25, 0.3) is 0 Å². The number of hydrogen-bond donors (Lipinski definition) is 0. The van der Waals surface area contributed by atoms with E-state index < -0.39 is 0 Å². The van der Waals surface area contributed by atoms with Gasteiger partial charge in [-0.3, -0.25) is 0 Å². The van der Waals surface area contributed by atoms with Crippen molar-refractivity contribution in [1.82, 2.24) is 0 Å². The molecule has 0 atom stereocenters. The Morgan fingerprint density at radius 2 is 0.273 bits per heavy atom. The van der Waals surface area contributed by atoms with Gasteiger partial charge in [0.2, 0.25) is 0 Å². The first-order valence-electron chi connectivity index (χ1n) is 0. The van der Waals surface area contributed by atoms with Crippen LogP contribution in [0.2, 0.25) is 0 Å². The predicted octanol–water partition coefficient (Wildman–Crippen LogP) is -13.0. The third-order valence-electron chi connectivity index (χ3n) is 0. The van der Waals surface area contributed by atoms with Crippen molar-refractivity contribution in [2.75, 3.05) is 0 Å². The molecule has 0 aromatic rings. The van der Waals surface area contributed by atoms with Crippen LogP contribution in [-0.2, 0) is 0 Å². The molecule has 0 unspecified atom stereocenters. The normalized spacial score (nSPS) is 0. The van der Waals surface area contributed by atoms with Crippen molar-refractivity contribution in [3.63, 3.8) is 0 Å². The topological polar surface area (TPSA) is 252 Å². The molecule has 11 heavy (non-hydrogen) atoms. The van der Waals surface area contributed by atoms with E-state index in [-0.39, 0.29) is 115 Å². The smallest absolute Gasteiger partial charge is 1.00 e. The SMILES string of the molecule is O.O.O.O.O.O.O.O.[I-].[I-].[Mg+2]. The molecule has 0 fully saturated rings. The van der Waals surface area contributed by atoms with Crippen molar-refractivity contribution < 1.29 is 91.8 Å². The van der Waals surface area contributed by atoms with Gasteiger partial charge in [0.25, 0.3) is 0 Å². The number of halogens is 2. The molecule has 0 saturated heterocycles. The van der Waals surface area contributed by atoms with Gasteiger partial charge >= 0.3 is 23.1 Å². The molecule has 0 aliphatic carbocycles. The summed E-state index contributed by atoms with van der Waals surface area (Å²) in [4.78, 5) is 0. The van der Waals surface area contributed by atoms with Gasteiger partial charge in [0.1, 0.15) is 0 Å². The quantitative estimate of drug-likeness (QED) is 0.260. The minimum Gasteiger partial charge on any atom is -1.00 e. The molecular weight excluding hydrogens is 406 g/mol. The molecule has 16 N–H and O–H groups in total. The number of hydrogen-bond acceptors (Lipinski definition) is 0. The molecule has 0 radical (unpaired) electrons. The van der Waals surface area contributed by atoms with Gasteiger partial charge in [0, 0.05) is 0 Å². The van der Waals surface area contributed by atoms with Gasteiger partial charge in [-0.25, -0.2) is 0 Å². The third-order valence-corrected chi connectivity index (χ3v) is 0. The second-order valence-corrected chi connectivity index (χ2v) is 0. The molecule has 0 heterocycles. The Kier molecular flexibility index (Phi) is 17800. The van der Waals surface area contributed by atoms with Crippen LogP contribution in [0.1, 0.15) is 0 Å². The van der Waals surface area contributed by atoms with E-state index in [1.807, 2.05) is 0 Å². The van der Waals surface area contributed by atoms with Gasteiger partial charge in [-0.15, -0.1) is 0 Å². The van der Waals surface area contributed by atoms with Crippen LogP contribution in [0.3, 0.4) is 0 Å². The van der Waals surface area contributed by atoms with Crippen LogP contribution >= 0.6 is 0 Å². The Balaban J connectivity index is 0. The van der Waals surface area contributed by atoms with Gasteiger partial charge < -0.3 is 91.8 Å². The van der Waals surface area contributed by atoms with Gasteiger partial charge in [0.05, 0.1) is 0 Å². The summed E-state index contributed by atoms with van der Waals surface area (Å²) >= 11 is 0. The van der Waals surface area contributed by atoms with Gasteiger partial charge in [-0.2, -0.15) is 0 Å². The molecule has 8 nitrogen and oxygen atoms in total. The number of rotatable bonds is 0. The molecule has 0 rings (SSSR count). The molecule has 0 spiro atoms. The Labute approximate surface area is 114 Å². The van der Waals surface area contributed by atoms with Gasteiger partial charge in [-0.1, -0.05) is 0 Å². The Hall–Kier alpha value is 1.91. The fourth-order valence-corrected chi connectivity index (χ4v) is 0. The first-order valence-corrected chi connectivity index (χ1v) is 0. The predicted molar refractivity (Wildman–Crippen MR) is 34.7 cm³/mol. The van der Waals surface area contributed by atoms with Crippen molar-refractivity contribution >= 4 is 23.1 Å². The van der Waals surface area contributed by atoms with Gasteiger partial charge in [-0.05, 0) is 0 Å². The Bertz CT molecular complexity index is 12.1. The van der Waals surface area contributed by atoms with Gasteiger partial charge in [0.15, 0.2) is 0 Å². The summed E-state index contributed by atoms with van der Waals surface area (Å²) in [6, 6.07) is 0. The molecule has 0 saturated carbocycles. The molecule has 0 amide bonds. The molecule has 0 aromatic heterocycles. The molecule has 0 bridgehead atoms. The van der Waals surface area contributed by atoms with E-state index in [1.54, 1.807) is 0 Å². The zero-order chi connectivity index (χ0) is 0. The average Bonchev–Trinajstić information content (AvgIpc) is 0. The Morgan fingerprint density at radius 1 is 0.273 bits per heavy atom. The first-order chi connectivity index (χ1) is 0. The fraction of sp³-hybridized carbons (Fsp3) is 0. The summed E-state index contributed by atoms with van der Waals surface area (Å²) < 4.78 is 0. The molecule has 80 valence electrons. The maximum atomic E-state index is 0. The van der Waals surface area contributed by atoms with Crippen LogP contribution < -0.4 is 48.0 Å². The minimum atomic E-state index is 0. The van der Waals surface area contributed by atoms with Crippen molar-refractivity contribution in [3.05, 3.63) is 0 Å². The molecule has 0 aliphatic heterocycles. The van der Waals surface area contributed by atoms with Crippen LogP contribution in [0.5, 0.6) is 0 Å². The maximum Gasteiger partial charge on any atom is 2.00 e. The van der Waals surface area contributed by atoms with E-state index >= 15 is 0 Å². The Morgan fingerprint density at radius 3 is 0.273 bits per heavy atom. The molecule has 0 aromatic carbocycles. The molecule has 0 aliphatic rings. The summed E-state index contributed by atoms with van der Waals surface area (Å²) in [5, 5.41) is 0. The minimum absolute atomic E-state index is 0. The van der Waals surface area contributed by atoms with E-state index in [9.17, 15) is 0 Å². The van der Waals surface area contributed by atoms with E-state index in [0.29, 0.717) is 0 Å². The van der Waals surface area contributed by atoms with E-state index in [2.05, 4.69) is 0 Å². The first kappa shape index (κ1) is 503. The summed E-state index contributed by atoms with van der Waals surface area (Å²) in [6.45, 7) is 0. The summed E-state index contributed by atoms with van der Waals surface area (Å²) in [5.74, 6) is 0. The monoisotopic (exact) mass is 422 g/mol.